The fourth-order valence-electron chi connectivity index (χ4n) is 4.20. The summed E-state index contributed by atoms with van der Waals surface area (Å²) in [5, 5.41) is 0. The number of aryl methyl sites for hydroxylation is 2. The summed E-state index contributed by atoms with van der Waals surface area (Å²) in [6.45, 7) is 6.19. The predicted octanol–water partition coefficient (Wildman–Crippen LogP) is 6.48. The van der Waals surface area contributed by atoms with E-state index >= 15 is 0 Å². The standard InChI is InChI=1S/C30H36N2O2/c1-3-5-24-8-14-27(15-9-24)33-21-30(18-4-19-30)22-34-28-16-10-25(11-17-28)20-32-29(31)26-12-6-23(2)7-13-26/h6-17H,3-5,18-22H2,1-2H3,(H2,31,32). The maximum atomic E-state index is 6.17. The van der Waals surface area contributed by atoms with Gasteiger partial charge in [-0.3, -0.25) is 4.99 Å². The average Bonchev–Trinajstić information content (AvgIpc) is 2.84. The van der Waals surface area contributed by atoms with Gasteiger partial charge in [0.25, 0.3) is 0 Å². The maximum absolute atomic E-state index is 6.17. The Morgan fingerprint density at radius 3 is 1.88 bits per heavy atom. The Balaban J connectivity index is 1.27. The molecule has 178 valence electrons. The molecule has 4 heteroatoms. The van der Waals surface area contributed by atoms with E-state index in [2.05, 4.69) is 55.2 Å². The third kappa shape index (κ3) is 6.40. The highest BCUT2D eigenvalue weighted by Crippen LogP contribution is 2.41. The average molecular weight is 457 g/mol. The first kappa shape index (κ1) is 23.9. The number of amidine groups is 1. The van der Waals surface area contributed by atoms with Crippen molar-refractivity contribution in [3.8, 4) is 11.5 Å². The van der Waals surface area contributed by atoms with Gasteiger partial charge in [-0.1, -0.05) is 73.9 Å². The molecule has 1 aliphatic carbocycles. The van der Waals surface area contributed by atoms with Crippen LogP contribution in [0, 0.1) is 12.3 Å². The third-order valence-electron chi connectivity index (χ3n) is 6.67. The van der Waals surface area contributed by atoms with Crippen LogP contribution in [0.1, 0.15) is 54.9 Å². The molecule has 1 saturated carbocycles. The van der Waals surface area contributed by atoms with E-state index in [1.54, 1.807) is 0 Å². The highest BCUT2D eigenvalue weighted by molar-refractivity contribution is 5.97. The second kappa shape index (κ2) is 11.2. The van der Waals surface area contributed by atoms with E-state index in [0.29, 0.717) is 25.6 Å². The highest BCUT2D eigenvalue weighted by atomic mass is 16.5. The van der Waals surface area contributed by atoms with Crippen molar-refractivity contribution < 1.29 is 9.47 Å². The lowest BCUT2D eigenvalue weighted by atomic mass is 9.70. The first-order valence-electron chi connectivity index (χ1n) is 12.4. The summed E-state index contributed by atoms with van der Waals surface area (Å²) in [5.41, 5.74) is 10.9. The summed E-state index contributed by atoms with van der Waals surface area (Å²) < 4.78 is 12.3. The quantitative estimate of drug-likeness (QED) is 0.265. The van der Waals surface area contributed by atoms with E-state index in [9.17, 15) is 0 Å². The summed E-state index contributed by atoms with van der Waals surface area (Å²) in [7, 11) is 0. The van der Waals surface area contributed by atoms with Crippen LogP contribution in [0.4, 0.5) is 0 Å². The molecule has 0 amide bonds. The van der Waals surface area contributed by atoms with Crippen molar-refractivity contribution in [2.45, 2.75) is 52.5 Å². The smallest absolute Gasteiger partial charge is 0.125 e. The number of aliphatic imine (C=N–C) groups is 1. The Morgan fingerprint density at radius 2 is 1.38 bits per heavy atom. The SMILES string of the molecule is CCCc1ccc(OCC2(COc3ccc(CN=C(N)c4ccc(C)cc4)cc3)CCC2)cc1. The number of benzene rings is 3. The minimum Gasteiger partial charge on any atom is -0.493 e. The second-order valence-electron chi connectivity index (χ2n) is 9.54. The predicted molar refractivity (Wildman–Crippen MR) is 140 cm³/mol. The summed E-state index contributed by atoms with van der Waals surface area (Å²) >= 11 is 0. The monoisotopic (exact) mass is 456 g/mol. The van der Waals surface area contributed by atoms with E-state index in [4.69, 9.17) is 15.2 Å². The number of hydrogen-bond donors (Lipinski definition) is 1. The largest absolute Gasteiger partial charge is 0.493 e. The molecule has 0 radical (unpaired) electrons. The molecule has 1 fully saturated rings. The van der Waals surface area contributed by atoms with Crippen molar-refractivity contribution in [1.82, 2.24) is 0 Å². The van der Waals surface area contributed by atoms with E-state index in [1.165, 1.54) is 17.5 Å². The molecule has 34 heavy (non-hydrogen) atoms. The first-order chi connectivity index (χ1) is 16.5. The normalized spacial score (nSPS) is 14.9. The van der Waals surface area contributed by atoms with Gasteiger partial charge >= 0.3 is 0 Å². The molecule has 0 saturated heterocycles. The minimum absolute atomic E-state index is 0.105. The second-order valence-corrected chi connectivity index (χ2v) is 9.54. The lowest BCUT2D eigenvalue weighted by molar-refractivity contribution is 0.00975. The number of ether oxygens (including phenoxy) is 2. The van der Waals surface area contributed by atoms with Gasteiger partial charge < -0.3 is 15.2 Å². The van der Waals surface area contributed by atoms with E-state index in [-0.39, 0.29) is 5.41 Å². The minimum atomic E-state index is 0.105. The van der Waals surface area contributed by atoms with E-state index in [1.807, 2.05) is 36.4 Å². The van der Waals surface area contributed by atoms with Gasteiger partial charge in [0.05, 0.1) is 19.8 Å². The van der Waals surface area contributed by atoms with Crippen molar-refractivity contribution in [3.05, 3.63) is 95.1 Å². The molecule has 0 heterocycles. The lowest BCUT2D eigenvalue weighted by Crippen LogP contribution is -2.41. The Morgan fingerprint density at radius 1 is 0.824 bits per heavy atom. The Labute approximate surface area is 203 Å². The third-order valence-corrected chi connectivity index (χ3v) is 6.67. The van der Waals surface area contributed by atoms with Crippen LogP contribution in [0.15, 0.2) is 77.8 Å². The Kier molecular flexibility index (Phi) is 7.89. The van der Waals surface area contributed by atoms with E-state index < -0.39 is 0 Å². The van der Waals surface area contributed by atoms with Crippen molar-refractivity contribution in [2.75, 3.05) is 13.2 Å². The topological polar surface area (TPSA) is 56.8 Å². The van der Waals surface area contributed by atoms with Crippen molar-refractivity contribution in [2.24, 2.45) is 16.1 Å². The number of nitrogens with zero attached hydrogens (tertiary/aromatic N) is 1. The molecule has 3 aromatic carbocycles. The number of nitrogens with two attached hydrogens (primary N) is 1. The first-order valence-corrected chi connectivity index (χ1v) is 12.4. The molecular formula is C30H36N2O2. The molecule has 0 aliphatic heterocycles. The lowest BCUT2D eigenvalue weighted by Gasteiger charge is -2.41. The molecule has 4 nitrogen and oxygen atoms in total. The van der Waals surface area contributed by atoms with Crippen molar-refractivity contribution in [3.63, 3.8) is 0 Å². The van der Waals surface area contributed by atoms with Crippen LogP contribution in [-0.4, -0.2) is 19.0 Å². The zero-order valence-corrected chi connectivity index (χ0v) is 20.4. The van der Waals surface area contributed by atoms with Crippen LogP contribution < -0.4 is 15.2 Å². The van der Waals surface area contributed by atoms with Gasteiger partial charge in [-0.15, -0.1) is 0 Å². The summed E-state index contributed by atoms with van der Waals surface area (Å²) in [6.07, 6.45) is 5.80. The zero-order valence-electron chi connectivity index (χ0n) is 20.4. The van der Waals surface area contributed by atoms with Crippen LogP contribution in [0.5, 0.6) is 11.5 Å². The molecule has 0 atom stereocenters. The van der Waals surface area contributed by atoms with Crippen LogP contribution in [0.3, 0.4) is 0 Å². The highest BCUT2D eigenvalue weighted by Gasteiger charge is 2.39. The number of hydrogen-bond acceptors (Lipinski definition) is 3. The molecule has 0 aromatic heterocycles. The van der Waals surface area contributed by atoms with Crippen LogP contribution in [-0.2, 0) is 13.0 Å². The fourth-order valence-corrected chi connectivity index (χ4v) is 4.20. The molecule has 1 aliphatic rings. The van der Waals surface area contributed by atoms with Crippen LogP contribution >= 0.6 is 0 Å². The molecule has 2 N–H and O–H groups in total. The molecular weight excluding hydrogens is 420 g/mol. The fraction of sp³-hybridized carbons (Fsp3) is 0.367. The Hall–Kier alpha value is -3.27. The van der Waals surface area contributed by atoms with Crippen LogP contribution in [0.25, 0.3) is 0 Å². The van der Waals surface area contributed by atoms with Gasteiger partial charge in [0.1, 0.15) is 17.3 Å². The molecule has 0 bridgehead atoms. The van der Waals surface area contributed by atoms with Gasteiger partial charge in [0, 0.05) is 11.0 Å². The van der Waals surface area contributed by atoms with Gasteiger partial charge in [0.15, 0.2) is 0 Å². The van der Waals surface area contributed by atoms with Gasteiger partial charge in [-0.05, 0) is 61.6 Å². The zero-order chi connectivity index (χ0) is 23.8. The summed E-state index contributed by atoms with van der Waals surface area (Å²) in [6, 6.07) is 24.8. The molecule has 4 rings (SSSR count). The number of rotatable bonds is 11. The Bertz CT molecular complexity index is 1070. The summed E-state index contributed by atoms with van der Waals surface area (Å²) in [4.78, 5) is 4.54. The molecule has 3 aromatic rings. The summed E-state index contributed by atoms with van der Waals surface area (Å²) in [5.74, 6) is 2.39. The van der Waals surface area contributed by atoms with Gasteiger partial charge in [-0.25, -0.2) is 0 Å². The molecule has 0 unspecified atom stereocenters. The van der Waals surface area contributed by atoms with Crippen molar-refractivity contribution in [1.29, 1.82) is 0 Å². The van der Waals surface area contributed by atoms with Crippen molar-refractivity contribution >= 4 is 5.84 Å². The maximum Gasteiger partial charge on any atom is 0.125 e. The van der Waals surface area contributed by atoms with Gasteiger partial charge in [0.2, 0.25) is 0 Å². The molecule has 0 spiro atoms. The van der Waals surface area contributed by atoms with E-state index in [0.717, 1.165) is 48.3 Å². The van der Waals surface area contributed by atoms with Crippen LogP contribution in [0.2, 0.25) is 0 Å². The van der Waals surface area contributed by atoms with Gasteiger partial charge in [-0.2, -0.15) is 0 Å².